The number of halogens is 1. The molecule has 0 aliphatic carbocycles. The molecule has 1 amide bonds. The summed E-state index contributed by atoms with van der Waals surface area (Å²) in [5.74, 6) is -3.23. The summed E-state index contributed by atoms with van der Waals surface area (Å²) in [5.41, 5.74) is 0. The van der Waals surface area contributed by atoms with Crippen molar-refractivity contribution in [1.29, 1.82) is 0 Å². The van der Waals surface area contributed by atoms with Crippen molar-refractivity contribution in [3.05, 3.63) is 0 Å². The van der Waals surface area contributed by atoms with E-state index in [2.05, 4.69) is 0 Å². The summed E-state index contributed by atoms with van der Waals surface area (Å²) in [6.45, 7) is -0.293. The average molecular weight is 283 g/mol. The molecule has 1 rings (SSSR count). The van der Waals surface area contributed by atoms with Gasteiger partial charge in [0.2, 0.25) is 5.91 Å². The van der Waals surface area contributed by atoms with Crippen molar-refractivity contribution >= 4 is 22.1 Å². The van der Waals surface area contributed by atoms with Gasteiger partial charge in [0.25, 0.3) is 0 Å². The lowest BCUT2D eigenvalue weighted by Crippen LogP contribution is -2.45. The third kappa shape index (κ3) is 3.91. The van der Waals surface area contributed by atoms with Gasteiger partial charge in [-0.3, -0.25) is 4.79 Å². The number of ether oxygens (including phenoxy) is 1. The van der Waals surface area contributed by atoms with Gasteiger partial charge in [0.1, 0.15) is 0 Å². The van der Waals surface area contributed by atoms with Crippen molar-refractivity contribution in [2.75, 3.05) is 26.0 Å². The first-order valence-electron chi connectivity index (χ1n) is 5.18. The molecule has 1 heterocycles. The predicted molar refractivity (Wildman–Crippen MR) is 58.0 cm³/mol. The molecule has 0 bridgehead atoms. The zero-order chi connectivity index (χ0) is 13.9. The van der Waals surface area contributed by atoms with E-state index in [0.29, 0.717) is 0 Å². The molecular formula is C9H14FNO6S. The van der Waals surface area contributed by atoms with Crippen molar-refractivity contribution in [2.24, 2.45) is 5.92 Å². The Labute approximate surface area is 104 Å². The minimum absolute atomic E-state index is 0.0949. The topological polar surface area (TPSA) is 101 Å². The highest BCUT2D eigenvalue weighted by atomic mass is 32.3. The summed E-state index contributed by atoms with van der Waals surface area (Å²) in [7, 11) is -3.38. The van der Waals surface area contributed by atoms with E-state index < -0.39 is 39.8 Å². The Kier molecular flexibility index (Phi) is 4.63. The van der Waals surface area contributed by atoms with Gasteiger partial charge in [-0.05, 0) is 0 Å². The quantitative estimate of drug-likeness (QED) is 0.643. The Hall–Kier alpha value is -1.22. The van der Waals surface area contributed by atoms with Gasteiger partial charge in [0, 0.05) is 26.0 Å². The number of hydrogen-bond donors (Lipinski definition) is 1. The Morgan fingerprint density at radius 3 is 2.72 bits per heavy atom. The van der Waals surface area contributed by atoms with Crippen LogP contribution in [-0.4, -0.2) is 62.4 Å². The van der Waals surface area contributed by atoms with Crippen molar-refractivity contribution in [2.45, 2.75) is 12.5 Å². The van der Waals surface area contributed by atoms with Gasteiger partial charge >= 0.3 is 16.2 Å². The number of likely N-dealkylation sites (tertiary alicyclic amines) is 1. The van der Waals surface area contributed by atoms with E-state index in [1.165, 1.54) is 7.11 Å². The van der Waals surface area contributed by atoms with Crippen molar-refractivity contribution in [3.63, 3.8) is 0 Å². The zero-order valence-corrected chi connectivity index (χ0v) is 10.5. The Bertz CT molecular complexity index is 436. The SMILES string of the molecule is COC[C@@H](C(=O)O)N1CC(CS(=O)(=O)F)CC1=O. The standard InChI is InChI=1S/C9H14FNO6S/c1-17-4-7(9(13)14)11-3-6(2-8(11)12)5-18(10,15)16/h6-7H,2-5H2,1H3,(H,13,14)/t6?,7-/m0/s1. The van der Waals surface area contributed by atoms with Crippen LogP contribution in [0.2, 0.25) is 0 Å². The molecule has 0 aromatic rings. The van der Waals surface area contributed by atoms with Gasteiger partial charge in [-0.25, -0.2) is 4.79 Å². The summed E-state index contributed by atoms with van der Waals surface area (Å²) >= 11 is 0. The maximum Gasteiger partial charge on any atom is 0.328 e. The molecule has 0 aromatic carbocycles. The second-order valence-corrected chi connectivity index (χ2v) is 5.54. The van der Waals surface area contributed by atoms with Crippen LogP contribution in [0.15, 0.2) is 0 Å². The molecule has 0 aromatic heterocycles. The van der Waals surface area contributed by atoms with Gasteiger partial charge < -0.3 is 14.7 Å². The monoisotopic (exact) mass is 283 g/mol. The van der Waals surface area contributed by atoms with Crippen LogP contribution in [0.1, 0.15) is 6.42 Å². The molecule has 7 nitrogen and oxygen atoms in total. The number of rotatable bonds is 6. The maximum atomic E-state index is 12.5. The number of nitrogens with zero attached hydrogens (tertiary/aromatic N) is 1. The van der Waals surface area contributed by atoms with E-state index in [1.807, 2.05) is 0 Å². The van der Waals surface area contributed by atoms with E-state index in [1.54, 1.807) is 0 Å². The molecular weight excluding hydrogens is 269 g/mol. The molecule has 9 heteroatoms. The third-order valence-corrected chi connectivity index (χ3v) is 3.53. The number of carbonyl (C=O) groups excluding carboxylic acids is 1. The van der Waals surface area contributed by atoms with Gasteiger partial charge in [0.05, 0.1) is 12.4 Å². The Morgan fingerprint density at radius 1 is 1.67 bits per heavy atom. The van der Waals surface area contributed by atoms with Crippen LogP contribution < -0.4 is 0 Å². The Balaban J connectivity index is 2.74. The third-order valence-electron chi connectivity index (χ3n) is 2.66. The minimum atomic E-state index is -4.67. The van der Waals surface area contributed by atoms with Crippen molar-refractivity contribution in [3.8, 4) is 0 Å². The number of hydrogen-bond acceptors (Lipinski definition) is 5. The van der Waals surface area contributed by atoms with E-state index >= 15 is 0 Å². The molecule has 2 atom stereocenters. The lowest BCUT2D eigenvalue weighted by molar-refractivity contribution is -0.150. The smallest absolute Gasteiger partial charge is 0.328 e. The van der Waals surface area contributed by atoms with Crippen LogP contribution in [-0.2, 0) is 24.5 Å². The van der Waals surface area contributed by atoms with Gasteiger partial charge in [0.15, 0.2) is 6.04 Å². The van der Waals surface area contributed by atoms with Crippen LogP contribution in [0.3, 0.4) is 0 Å². The van der Waals surface area contributed by atoms with Crippen LogP contribution in [0.5, 0.6) is 0 Å². The normalized spacial score (nSPS) is 22.2. The average Bonchev–Trinajstić information content (AvgIpc) is 2.52. The predicted octanol–water partition coefficient (Wildman–Crippen LogP) is -0.766. The van der Waals surface area contributed by atoms with Crippen LogP contribution in [0, 0.1) is 5.92 Å². The van der Waals surface area contributed by atoms with E-state index in [-0.39, 0.29) is 19.6 Å². The fourth-order valence-electron chi connectivity index (χ4n) is 1.96. The first-order chi connectivity index (χ1) is 8.24. The van der Waals surface area contributed by atoms with E-state index in [4.69, 9.17) is 9.84 Å². The molecule has 1 fully saturated rings. The van der Waals surface area contributed by atoms with Gasteiger partial charge in [-0.2, -0.15) is 8.42 Å². The first kappa shape index (κ1) is 14.8. The number of methoxy groups -OCH3 is 1. The van der Waals surface area contributed by atoms with Crippen LogP contribution in [0.4, 0.5) is 3.89 Å². The van der Waals surface area contributed by atoms with Gasteiger partial charge in [-0.1, -0.05) is 0 Å². The summed E-state index contributed by atoms with van der Waals surface area (Å²) in [4.78, 5) is 23.5. The highest BCUT2D eigenvalue weighted by Crippen LogP contribution is 2.22. The fourth-order valence-corrected chi connectivity index (χ4v) is 2.74. The molecule has 0 spiro atoms. The summed E-state index contributed by atoms with van der Waals surface area (Å²) in [5, 5.41) is 8.94. The summed E-state index contributed by atoms with van der Waals surface area (Å²) in [6.07, 6.45) is -0.170. The highest BCUT2D eigenvalue weighted by Gasteiger charge is 2.39. The Morgan fingerprint density at radius 2 is 2.28 bits per heavy atom. The molecule has 0 saturated carbocycles. The largest absolute Gasteiger partial charge is 0.480 e. The van der Waals surface area contributed by atoms with Crippen LogP contribution in [0.25, 0.3) is 0 Å². The molecule has 1 aliphatic rings. The molecule has 1 saturated heterocycles. The summed E-state index contributed by atoms with van der Waals surface area (Å²) in [6, 6.07) is -1.17. The zero-order valence-electron chi connectivity index (χ0n) is 9.71. The number of aliphatic carboxylic acids is 1. The lowest BCUT2D eigenvalue weighted by atomic mass is 10.1. The highest BCUT2D eigenvalue weighted by molar-refractivity contribution is 7.86. The second kappa shape index (κ2) is 5.61. The van der Waals surface area contributed by atoms with E-state index in [9.17, 15) is 21.9 Å². The number of amides is 1. The van der Waals surface area contributed by atoms with Crippen LogP contribution >= 0.6 is 0 Å². The molecule has 0 radical (unpaired) electrons. The van der Waals surface area contributed by atoms with Crippen molar-refractivity contribution < 1.29 is 31.7 Å². The number of carboxylic acids is 1. The first-order valence-corrected chi connectivity index (χ1v) is 6.73. The lowest BCUT2D eigenvalue weighted by Gasteiger charge is -2.23. The minimum Gasteiger partial charge on any atom is -0.480 e. The number of carbonyl (C=O) groups is 2. The summed E-state index contributed by atoms with van der Waals surface area (Å²) < 4.78 is 38.2. The van der Waals surface area contributed by atoms with Crippen molar-refractivity contribution in [1.82, 2.24) is 4.90 Å². The molecule has 1 N–H and O–H groups in total. The molecule has 104 valence electrons. The van der Waals surface area contributed by atoms with E-state index in [0.717, 1.165) is 4.90 Å². The maximum absolute atomic E-state index is 12.5. The number of carboxylic acid groups (broad SMARTS) is 1. The molecule has 1 unspecified atom stereocenters. The van der Waals surface area contributed by atoms with Gasteiger partial charge in [-0.15, -0.1) is 3.89 Å². The second-order valence-electron chi connectivity index (χ2n) is 4.13. The fraction of sp³-hybridized carbons (Fsp3) is 0.778. The molecule has 18 heavy (non-hydrogen) atoms. The molecule has 1 aliphatic heterocycles.